The summed E-state index contributed by atoms with van der Waals surface area (Å²) in [6.45, 7) is 0.879. The molecule has 2 heterocycles. The second kappa shape index (κ2) is 2.45. The molecular formula is C10H7BrN2. The van der Waals surface area contributed by atoms with Crippen LogP contribution in [0.4, 0.5) is 5.82 Å². The van der Waals surface area contributed by atoms with E-state index >= 15 is 0 Å². The molecule has 1 aliphatic rings. The molecule has 0 bridgehead atoms. The lowest BCUT2D eigenvalue weighted by atomic mass is 10.1. The molecule has 3 rings (SSSR count). The molecule has 0 atom stereocenters. The average Bonchev–Trinajstić information content (AvgIpc) is 2.57. The Hall–Kier alpha value is -1.09. The molecule has 3 heteroatoms. The van der Waals surface area contributed by atoms with Crippen LogP contribution in [0.25, 0.3) is 10.8 Å². The Bertz CT molecular complexity index is 493. The smallest absolute Gasteiger partial charge is 0.134 e. The highest BCUT2D eigenvalue weighted by Gasteiger charge is 2.16. The molecule has 0 fully saturated rings. The molecule has 0 unspecified atom stereocenters. The van der Waals surface area contributed by atoms with Gasteiger partial charge in [0.2, 0.25) is 0 Å². The zero-order valence-electron chi connectivity index (χ0n) is 6.84. The predicted octanol–water partition coefficient (Wildman–Crippen LogP) is 2.92. The zero-order valence-corrected chi connectivity index (χ0v) is 8.43. The number of pyridine rings is 1. The van der Waals surface area contributed by atoms with Crippen molar-refractivity contribution in [2.45, 2.75) is 6.54 Å². The molecule has 13 heavy (non-hydrogen) atoms. The van der Waals surface area contributed by atoms with Crippen molar-refractivity contribution >= 4 is 32.5 Å². The zero-order chi connectivity index (χ0) is 8.84. The van der Waals surface area contributed by atoms with Gasteiger partial charge in [0, 0.05) is 22.6 Å². The minimum Gasteiger partial charge on any atom is -0.365 e. The van der Waals surface area contributed by atoms with Gasteiger partial charge in [-0.15, -0.1) is 0 Å². The van der Waals surface area contributed by atoms with Gasteiger partial charge in [-0.25, -0.2) is 4.98 Å². The molecule has 1 aromatic carbocycles. The van der Waals surface area contributed by atoms with Crippen LogP contribution in [0.1, 0.15) is 5.56 Å². The Morgan fingerprint density at radius 1 is 1.31 bits per heavy atom. The molecule has 64 valence electrons. The summed E-state index contributed by atoms with van der Waals surface area (Å²) >= 11 is 3.54. The third kappa shape index (κ3) is 0.907. The summed E-state index contributed by atoms with van der Waals surface area (Å²) in [5.41, 5.74) is 1.32. The first kappa shape index (κ1) is 7.33. The lowest BCUT2D eigenvalue weighted by Gasteiger charge is -2.00. The van der Waals surface area contributed by atoms with Crippen molar-refractivity contribution in [2.75, 3.05) is 5.32 Å². The maximum atomic E-state index is 4.29. The fourth-order valence-electron chi connectivity index (χ4n) is 1.79. The highest BCUT2D eigenvalue weighted by molar-refractivity contribution is 9.10. The summed E-state index contributed by atoms with van der Waals surface area (Å²) in [7, 11) is 0. The van der Waals surface area contributed by atoms with Crippen molar-refractivity contribution in [1.29, 1.82) is 0 Å². The monoisotopic (exact) mass is 234 g/mol. The summed E-state index contributed by atoms with van der Waals surface area (Å²) in [4.78, 5) is 4.29. The lowest BCUT2D eigenvalue weighted by Crippen LogP contribution is -1.90. The largest absolute Gasteiger partial charge is 0.365 e. The molecular weight excluding hydrogens is 228 g/mol. The number of nitrogens with one attached hydrogen (secondary N) is 1. The molecule has 1 aliphatic heterocycles. The van der Waals surface area contributed by atoms with Crippen molar-refractivity contribution in [3.8, 4) is 0 Å². The second-order valence-corrected chi connectivity index (χ2v) is 3.99. The fourth-order valence-corrected chi connectivity index (χ4v) is 2.27. The van der Waals surface area contributed by atoms with Crippen molar-refractivity contribution < 1.29 is 0 Å². The molecule has 0 spiro atoms. The van der Waals surface area contributed by atoms with Crippen molar-refractivity contribution in [3.63, 3.8) is 0 Å². The Morgan fingerprint density at radius 3 is 3.15 bits per heavy atom. The van der Waals surface area contributed by atoms with E-state index in [1.54, 1.807) is 0 Å². The molecule has 1 aromatic heterocycles. The van der Waals surface area contributed by atoms with Gasteiger partial charge in [0.05, 0.1) is 0 Å². The summed E-state index contributed by atoms with van der Waals surface area (Å²) in [5, 5.41) is 5.79. The number of hydrogen-bond donors (Lipinski definition) is 1. The van der Waals surface area contributed by atoms with Crippen LogP contribution >= 0.6 is 15.9 Å². The highest BCUT2D eigenvalue weighted by atomic mass is 79.9. The molecule has 0 radical (unpaired) electrons. The molecule has 2 nitrogen and oxygen atoms in total. The topological polar surface area (TPSA) is 24.9 Å². The van der Waals surface area contributed by atoms with Gasteiger partial charge in [0.15, 0.2) is 0 Å². The Morgan fingerprint density at radius 2 is 2.23 bits per heavy atom. The molecule has 0 saturated carbocycles. The van der Waals surface area contributed by atoms with E-state index in [0.29, 0.717) is 0 Å². The number of aromatic nitrogens is 1. The van der Waals surface area contributed by atoms with Crippen LogP contribution in [-0.2, 0) is 6.54 Å². The van der Waals surface area contributed by atoms with E-state index < -0.39 is 0 Å². The van der Waals surface area contributed by atoms with Crippen LogP contribution < -0.4 is 5.32 Å². The van der Waals surface area contributed by atoms with Crippen molar-refractivity contribution in [3.05, 3.63) is 34.4 Å². The molecule has 2 aromatic rings. The van der Waals surface area contributed by atoms with Gasteiger partial charge in [0.25, 0.3) is 0 Å². The summed E-state index contributed by atoms with van der Waals surface area (Å²) < 4.78 is 1.17. The lowest BCUT2D eigenvalue weighted by molar-refractivity contribution is 1.18. The van der Waals surface area contributed by atoms with Gasteiger partial charge < -0.3 is 5.32 Å². The van der Waals surface area contributed by atoms with Crippen LogP contribution in [0.5, 0.6) is 0 Å². The quantitative estimate of drug-likeness (QED) is 0.759. The van der Waals surface area contributed by atoms with Gasteiger partial charge in [-0.05, 0) is 23.1 Å². The number of benzene rings is 1. The van der Waals surface area contributed by atoms with E-state index in [1.165, 1.54) is 20.8 Å². The van der Waals surface area contributed by atoms with Gasteiger partial charge in [-0.3, -0.25) is 0 Å². The second-order valence-electron chi connectivity index (χ2n) is 3.14. The van der Waals surface area contributed by atoms with Crippen LogP contribution in [0.3, 0.4) is 0 Å². The third-order valence-corrected chi connectivity index (χ3v) is 3.16. The number of hydrogen-bond acceptors (Lipinski definition) is 2. The van der Waals surface area contributed by atoms with Gasteiger partial charge in [0.1, 0.15) is 5.82 Å². The maximum absolute atomic E-state index is 4.29. The van der Waals surface area contributed by atoms with Gasteiger partial charge in [-0.1, -0.05) is 22.0 Å². The molecule has 0 aliphatic carbocycles. The first-order valence-electron chi connectivity index (χ1n) is 4.16. The van der Waals surface area contributed by atoms with E-state index in [1.807, 2.05) is 12.3 Å². The Labute approximate surface area is 84.1 Å². The Kier molecular flexibility index (Phi) is 1.38. The van der Waals surface area contributed by atoms with Crippen LogP contribution in [0.2, 0.25) is 0 Å². The maximum Gasteiger partial charge on any atom is 0.134 e. The van der Waals surface area contributed by atoms with E-state index in [0.717, 1.165) is 12.4 Å². The molecule has 1 N–H and O–H groups in total. The minimum absolute atomic E-state index is 0.879. The molecule has 0 amide bonds. The normalized spacial score (nSPS) is 13.3. The van der Waals surface area contributed by atoms with E-state index in [2.05, 4.69) is 38.4 Å². The van der Waals surface area contributed by atoms with E-state index in [-0.39, 0.29) is 0 Å². The van der Waals surface area contributed by atoms with E-state index in [9.17, 15) is 0 Å². The van der Waals surface area contributed by atoms with Crippen LogP contribution in [0, 0.1) is 0 Å². The van der Waals surface area contributed by atoms with Gasteiger partial charge in [-0.2, -0.15) is 0 Å². The number of halogens is 1. The predicted molar refractivity (Wildman–Crippen MR) is 56.8 cm³/mol. The van der Waals surface area contributed by atoms with Crippen LogP contribution in [0.15, 0.2) is 28.9 Å². The first-order chi connectivity index (χ1) is 6.36. The Balaban J connectivity index is 2.56. The number of nitrogens with zero attached hydrogens (tertiary/aromatic N) is 1. The van der Waals surface area contributed by atoms with Gasteiger partial charge >= 0.3 is 0 Å². The standard InChI is InChI=1S/C10H7BrN2/c11-8-2-1-6-3-4-12-10-9(6)7(8)5-13-10/h1-4H,5H2,(H,12,13). The molecule has 0 saturated heterocycles. The SMILES string of the molecule is Brc1ccc2ccnc3c2c1CN3. The summed E-state index contributed by atoms with van der Waals surface area (Å²) in [5.74, 6) is 1.01. The average molecular weight is 235 g/mol. The summed E-state index contributed by atoms with van der Waals surface area (Å²) in [6, 6.07) is 6.25. The van der Waals surface area contributed by atoms with E-state index in [4.69, 9.17) is 0 Å². The van der Waals surface area contributed by atoms with Crippen molar-refractivity contribution in [2.24, 2.45) is 0 Å². The number of anilines is 1. The number of rotatable bonds is 0. The minimum atomic E-state index is 0.879. The van der Waals surface area contributed by atoms with Crippen molar-refractivity contribution in [1.82, 2.24) is 4.98 Å². The van der Waals surface area contributed by atoms with Crippen LogP contribution in [-0.4, -0.2) is 4.98 Å². The third-order valence-electron chi connectivity index (χ3n) is 2.42. The fraction of sp³-hybridized carbons (Fsp3) is 0.100. The first-order valence-corrected chi connectivity index (χ1v) is 4.95. The highest BCUT2D eigenvalue weighted by Crippen LogP contribution is 2.35. The summed E-state index contributed by atoms with van der Waals surface area (Å²) in [6.07, 6.45) is 1.84.